The van der Waals surface area contributed by atoms with Crippen LogP contribution in [0.2, 0.25) is 0 Å². The lowest BCUT2D eigenvalue weighted by molar-refractivity contribution is 0.0601. The van der Waals surface area contributed by atoms with Crippen molar-refractivity contribution in [3.63, 3.8) is 0 Å². The Morgan fingerprint density at radius 1 is 1.05 bits per heavy atom. The van der Waals surface area contributed by atoms with E-state index in [0.717, 1.165) is 6.07 Å². The van der Waals surface area contributed by atoms with Crippen LogP contribution in [0.4, 0.5) is 14.5 Å². The number of nitriles is 1. The first-order valence-corrected chi connectivity index (χ1v) is 13.4. The van der Waals surface area contributed by atoms with Crippen LogP contribution in [0, 0.1) is 29.5 Å². The Bertz CT molecular complexity index is 1960. The summed E-state index contributed by atoms with van der Waals surface area (Å²) in [4.78, 5) is 24.4. The van der Waals surface area contributed by atoms with Gasteiger partial charge in [0.1, 0.15) is 24.3 Å². The summed E-state index contributed by atoms with van der Waals surface area (Å²) in [5, 5.41) is 9.96. The molecule has 0 saturated heterocycles. The van der Waals surface area contributed by atoms with Crippen molar-refractivity contribution in [1.82, 2.24) is 14.5 Å². The van der Waals surface area contributed by atoms with Crippen LogP contribution in [-0.4, -0.2) is 41.3 Å². The number of hydrogen-bond donors (Lipinski definition) is 0. The van der Waals surface area contributed by atoms with Crippen LogP contribution in [0.5, 0.6) is 5.88 Å². The van der Waals surface area contributed by atoms with Gasteiger partial charge in [0.2, 0.25) is 5.88 Å². The van der Waals surface area contributed by atoms with Crippen molar-refractivity contribution >= 4 is 22.7 Å². The normalized spacial score (nSPS) is 10.8. The van der Waals surface area contributed by atoms with Crippen LogP contribution in [0.3, 0.4) is 0 Å². The zero-order chi connectivity index (χ0) is 31.2. The number of carbonyl (C=O) groups is 1. The first kappa shape index (κ1) is 29.8. The van der Waals surface area contributed by atoms with Crippen LogP contribution in [0.1, 0.15) is 32.9 Å². The van der Waals surface area contributed by atoms with Crippen molar-refractivity contribution in [2.75, 3.05) is 20.8 Å². The van der Waals surface area contributed by atoms with Gasteiger partial charge in [-0.1, -0.05) is 24.3 Å². The van der Waals surface area contributed by atoms with Gasteiger partial charge in [0.15, 0.2) is 11.5 Å². The molecule has 5 rings (SSSR count). The molecule has 0 unspecified atom stereocenters. The van der Waals surface area contributed by atoms with E-state index in [-0.39, 0.29) is 47.0 Å². The smallest absolute Gasteiger partial charge is 0.337 e. The molecular formula is C33H25F2N5O4. The topological polar surface area (TPSA) is 104 Å². The molecule has 2 heterocycles. The van der Waals surface area contributed by atoms with Gasteiger partial charge < -0.3 is 18.8 Å². The van der Waals surface area contributed by atoms with Gasteiger partial charge in [-0.15, -0.1) is 0 Å². The molecule has 0 fully saturated rings. The highest BCUT2D eigenvalue weighted by atomic mass is 19.1. The van der Waals surface area contributed by atoms with Gasteiger partial charge in [-0.3, -0.25) is 0 Å². The van der Waals surface area contributed by atoms with Crippen molar-refractivity contribution in [3.05, 3.63) is 118 Å². The Morgan fingerprint density at radius 3 is 2.59 bits per heavy atom. The number of imidazole rings is 1. The molecule has 3 aromatic carbocycles. The third-order valence-corrected chi connectivity index (χ3v) is 7.00. The molecule has 5 aromatic rings. The molecule has 0 amide bonds. The van der Waals surface area contributed by atoms with Gasteiger partial charge in [0, 0.05) is 37.3 Å². The molecule has 9 nitrogen and oxygen atoms in total. The maximum atomic E-state index is 15.8. The van der Waals surface area contributed by atoms with E-state index in [1.165, 1.54) is 25.3 Å². The zero-order valence-electron chi connectivity index (χ0n) is 23.8. The molecule has 0 saturated carbocycles. The van der Waals surface area contributed by atoms with Crippen molar-refractivity contribution in [1.29, 1.82) is 5.26 Å². The average molecular weight is 594 g/mol. The molecule has 0 spiro atoms. The number of rotatable bonds is 10. The highest BCUT2D eigenvalue weighted by molar-refractivity contribution is 5.93. The van der Waals surface area contributed by atoms with E-state index >= 15 is 4.39 Å². The quantitative estimate of drug-likeness (QED) is 0.136. The molecule has 0 aliphatic heterocycles. The van der Waals surface area contributed by atoms with Gasteiger partial charge >= 0.3 is 5.97 Å². The lowest BCUT2D eigenvalue weighted by Crippen LogP contribution is -2.10. The molecule has 0 atom stereocenters. The maximum absolute atomic E-state index is 15.8. The number of esters is 1. The van der Waals surface area contributed by atoms with Crippen molar-refractivity contribution < 1.29 is 27.8 Å². The standard InChI is InChI=1S/C33H25F2N5O4/c1-37-23-10-7-22(26(34)17-23)19-44-31-6-4-5-27(39-31)24-11-8-20(25(18-36)32(24)35)16-30-38-28-12-9-21(33(41)43-3)15-29(28)40(30)13-14-42-2/h4-12,15,17H,13-14,16,19H2,2-3H3. The predicted octanol–water partition coefficient (Wildman–Crippen LogP) is 6.40. The Hall–Kier alpha value is -5.65. The van der Waals surface area contributed by atoms with Crippen LogP contribution in [0.25, 0.3) is 27.1 Å². The fourth-order valence-corrected chi connectivity index (χ4v) is 4.76. The first-order valence-electron chi connectivity index (χ1n) is 13.4. The van der Waals surface area contributed by atoms with E-state index in [4.69, 9.17) is 25.8 Å². The Morgan fingerprint density at radius 2 is 1.86 bits per heavy atom. The van der Waals surface area contributed by atoms with Crippen molar-refractivity contribution in [2.24, 2.45) is 0 Å². The number of pyridine rings is 1. The Balaban J connectivity index is 1.44. The third kappa shape index (κ3) is 6.09. The molecule has 0 N–H and O–H groups in total. The molecule has 2 aromatic heterocycles. The van der Waals surface area contributed by atoms with E-state index < -0.39 is 17.6 Å². The summed E-state index contributed by atoms with van der Waals surface area (Å²) in [6.07, 6.45) is 0.139. The lowest BCUT2D eigenvalue weighted by atomic mass is 9.99. The number of hydrogen-bond acceptors (Lipinski definition) is 7. The summed E-state index contributed by atoms with van der Waals surface area (Å²) < 4.78 is 47.7. The molecule has 0 radical (unpaired) electrons. The second-order valence-electron chi connectivity index (χ2n) is 9.65. The second kappa shape index (κ2) is 13.1. The number of ether oxygens (including phenoxy) is 3. The summed E-state index contributed by atoms with van der Waals surface area (Å²) in [7, 11) is 2.88. The molecule has 0 aliphatic rings. The highest BCUT2D eigenvalue weighted by Gasteiger charge is 2.20. The van der Waals surface area contributed by atoms with Crippen LogP contribution >= 0.6 is 0 Å². The minimum atomic E-state index is -0.747. The first-order chi connectivity index (χ1) is 21.4. The fourth-order valence-electron chi connectivity index (χ4n) is 4.76. The predicted molar refractivity (Wildman–Crippen MR) is 157 cm³/mol. The molecular weight excluding hydrogens is 568 g/mol. The Labute approximate surface area is 251 Å². The van der Waals surface area contributed by atoms with Gasteiger partial charge in [-0.2, -0.15) is 5.26 Å². The molecule has 0 aliphatic carbocycles. The largest absolute Gasteiger partial charge is 0.473 e. The minimum absolute atomic E-state index is 0.0962. The molecule has 44 heavy (non-hydrogen) atoms. The SMILES string of the molecule is [C-]#[N+]c1ccc(COc2cccc(-c3ccc(Cc4nc5ccc(C(=O)OC)cc5n4CCOC)c(C#N)c3F)n2)c(F)c1. The molecule has 11 heteroatoms. The number of nitrogens with zero attached hydrogens (tertiary/aromatic N) is 5. The van der Waals surface area contributed by atoms with Crippen molar-refractivity contribution in [3.8, 4) is 23.2 Å². The number of aromatic nitrogens is 3. The fraction of sp³-hybridized carbons (Fsp3) is 0.182. The monoisotopic (exact) mass is 593 g/mol. The summed E-state index contributed by atoms with van der Waals surface area (Å²) in [5.41, 5.74) is 2.68. The maximum Gasteiger partial charge on any atom is 0.337 e. The Kier molecular flexibility index (Phi) is 8.89. The summed E-state index contributed by atoms with van der Waals surface area (Å²) in [6, 6.07) is 19.0. The molecule has 220 valence electrons. The van der Waals surface area contributed by atoms with Crippen LogP contribution in [0.15, 0.2) is 66.7 Å². The third-order valence-electron chi connectivity index (χ3n) is 7.00. The number of methoxy groups -OCH3 is 2. The van der Waals surface area contributed by atoms with Gasteiger partial charge in [-0.25, -0.2) is 28.4 Å². The van der Waals surface area contributed by atoms with Gasteiger partial charge in [0.05, 0.1) is 48.1 Å². The second-order valence-corrected chi connectivity index (χ2v) is 9.65. The molecule has 0 bridgehead atoms. The number of benzene rings is 3. The van der Waals surface area contributed by atoms with Crippen molar-refractivity contribution in [2.45, 2.75) is 19.6 Å². The summed E-state index contributed by atoms with van der Waals surface area (Å²) in [5.74, 6) is -1.11. The van der Waals surface area contributed by atoms with Gasteiger partial charge in [0.25, 0.3) is 0 Å². The lowest BCUT2D eigenvalue weighted by Gasteiger charge is -2.12. The summed E-state index contributed by atoms with van der Waals surface area (Å²) >= 11 is 0. The number of fused-ring (bicyclic) bond motifs is 1. The number of halogens is 2. The average Bonchev–Trinajstić information content (AvgIpc) is 3.38. The number of carbonyl (C=O) groups excluding carboxylic acids is 1. The van der Waals surface area contributed by atoms with Crippen LogP contribution in [-0.2, 0) is 29.0 Å². The van der Waals surface area contributed by atoms with E-state index in [1.54, 1.807) is 49.6 Å². The van der Waals surface area contributed by atoms with E-state index in [0.29, 0.717) is 41.1 Å². The van der Waals surface area contributed by atoms with Gasteiger partial charge in [-0.05, 0) is 42.0 Å². The zero-order valence-corrected chi connectivity index (χ0v) is 23.8. The van der Waals surface area contributed by atoms with E-state index in [9.17, 15) is 14.4 Å². The minimum Gasteiger partial charge on any atom is -0.473 e. The summed E-state index contributed by atoms with van der Waals surface area (Å²) in [6.45, 7) is 7.63. The highest BCUT2D eigenvalue weighted by Crippen LogP contribution is 2.29. The van der Waals surface area contributed by atoms with E-state index in [2.05, 4.69) is 9.83 Å². The van der Waals surface area contributed by atoms with E-state index in [1.807, 2.05) is 10.6 Å². The van der Waals surface area contributed by atoms with Crippen LogP contribution < -0.4 is 4.74 Å².